The third-order valence-electron chi connectivity index (χ3n) is 8.91. The summed E-state index contributed by atoms with van der Waals surface area (Å²) >= 11 is 0. The summed E-state index contributed by atoms with van der Waals surface area (Å²) in [5, 5.41) is 0. The van der Waals surface area contributed by atoms with Gasteiger partial charge in [0.2, 0.25) is 0 Å². The summed E-state index contributed by atoms with van der Waals surface area (Å²) in [5.74, 6) is 1.28. The first kappa shape index (κ1) is 42.4. The molecule has 258 valence electrons. The van der Waals surface area contributed by atoms with E-state index in [4.69, 9.17) is 14.2 Å². The van der Waals surface area contributed by atoms with E-state index in [-0.39, 0.29) is 12.3 Å². The number of hydrogen-bond donors (Lipinski definition) is 0. The molecule has 0 aromatic rings. The number of carbonyl (C=O) groups excluding carboxylic acids is 1. The minimum atomic E-state index is -0.0855. The average molecular weight is 611 g/mol. The first-order valence-corrected chi connectivity index (χ1v) is 19.5. The van der Waals surface area contributed by atoms with E-state index in [0.717, 1.165) is 51.7 Å². The van der Waals surface area contributed by atoms with Crippen molar-refractivity contribution in [2.45, 2.75) is 214 Å². The molecule has 0 saturated carbocycles. The Bertz CT molecular complexity index is 519. The third-order valence-corrected chi connectivity index (χ3v) is 8.91. The third kappa shape index (κ3) is 29.8. The van der Waals surface area contributed by atoms with Crippen LogP contribution in [0.4, 0.5) is 0 Å². The fraction of sp³-hybridized carbons (Fsp3) is 0.974. The second kappa shape index (κ2) is 34.3. The molecule has 0 amide bonds. The van der Waals surface area contributed by atoms with Crippen molar-refractivity contribution < 1.29 is 19.0 Å². The largest absolute Gasteiger partial charge is 0.466 e. The summed E-state index contributed by atoms with van der Waals surface area (Å²) in [6.07, 6.45) is 32.9. The molecule has 0 aliphatic carbocycles. The van der Waals surface area contributed by atoms with Gasteiger partial charge in [-0.1, -0.05) is 150 Å². The molecule has 0 aromatic heterocycles. The molecule has 0 bridgehead atoms. The standard InChI is InChI=1S/C39H78O4/c1-6-11-12-13-14-15-16-17-18-19-20-23-26-33-41-38(40)31-24-21-22-25-32-39(42-34-36(27-7-2)28-8-3)43-35-37(29-9-4)30-10-5/h36-37,39H,6-35H2,1-5H3. The van der Waals surface area contributed by atoms with E-state index in [1.807, 2.05) is 0 Å². The normalized spacial score (nSPS) is 11.8. The minimum absolute atomic E-state index is 0.0146. The van der Waals surface area contributed by atoms with Gasteiger partial charge in [0.05, 0.1) is 19.8 Å². The van der Waals surface area contributed by atoms with Crippen molar-refractivity contribution in [3.05, 3.63) is 0 Å². The quantitative estimate of drug-likeness (QED) is 0.0407. The van der Waals surface area contributed by atoms with E-state index >= 15 is 0 Å². The van der Waals surface area contributed by atoms with Crippen LogP contribution < -0.4 is 0 Å². The Kier molecular flexibility index (Phi) is 33.8. The fourth-order valence-corrected chi connectivity index (χ4v) is 6.27. The Morgan fingerprint density at radius 2 is 0.837 bits per heavy atom. The van der Waals surface area contributed by atoms with Crippen LogP contribution in [-0.4, -0.2) is 32.1 Å². The van der Waals surface area contributed by atoms with Crippen LogP contribution in [0.15, 0.2) is 0 Å². The number of esters is 1. The van der Waals surface area contributed by atoms with Crippen LogP contribution in [0, 0.1) is 11.8 Å². The highest BCUT2D eigenvalue weighted by Gasteiger charge is 2.16. The zero-order chi connectivity index (χ0) is 31.6. The topological polar surface area (TPSA) is 44.8 Å². The first-order valence-electron chi connectivity index (χ1n) is 19.5. The molecule has 0 aromatic carbocycles. The minimum Gasteiger partial charge on any atom is -0.466 e. The van der Waals surface area contributed by atoms with Crippen LogP contribution in [0.5, 0.6) is 0 Å². The lowest BCUT2D eigenvalue weighted by Gasteiger charge is -2.25. The lowest BCUT2D eigenvalue weighted by molar-refractivity contribution is -0.162. The number of ether oxygens (including phenoxy) is 3. The van der Waals surface area contributed by atoms with Crippen LogP contribution in [0.2, 0.25) is 0 Å². The van der Waals surface area contributed by atoms with Crippen molar-refractivity contribution in [1.82, 2.24) is 0 Å². The summed E-state index contributed by atoms with van der Waals surface area (Å²) < 4.78 is 18.3. The van der Waals surface area contributed by atoms with Crippen LogP contribution >= 0.6 is 0 Å². The van der Waals surface area contributed by atoms with E-state index in [1.54, 1.807) is 0 Å². The molecule has 43 heavy (non-hydrogen) atoms. The molecule has 0 heterocycles. The zero-order valence-electron chi connectivity index (χ0n) is 30.1. The Balaban J connectivity index is 3.96. The smallest absolute Gasteiger partial charge is 0.305 e. The summed E-state index contributed by atoms with van der Waals surface area (Å²) in [7, 11) is 0. The maximum absolute atomic E-state index is 12.2. The van der Waals surface area contributed by atoms with Gasteiger partial charge in [0, 0.05) is 6.42 Å². The van der Waals surface area contributed by atoms with Crippen LogP contribution in [0.25, 0.3) is 0 Å². The highest BCUT2D eigenvalue weighted by molar-refractivity contribution is 5.69. The molecule has 4 nitrogen and oxygen atoms in total. The Morgan fingerprint density at radius 1 is 0.442 bits per heavy atom. The van der Waals surface area contributed by atoms with E-state index < -0.39 is 0 Å². The van der Waals surface area contributed by atoms with Gasteiger partial charge in [0.1, 0.15) is 0 Å². The highest BCUT2D eigenvalue weighted by Crippen LogP contribution is 2.20. The number of rotatable bonds is 35. The van der Waals surface area contributed by atoms with Crippen LogP contribution in [0.1, 0.15) is 208 Å². The van der Waals surface area contributed by atoms with Gasteiger partial charge >= 0.3 is 5.97 Å². The summed E-state index contributed by atoms with van der Waals surface area (Å²) in [4.78, 5) is 12.2. The Hall–Kier alpha value is -0.610. The summed E-state index contributed by atoms with van der Waals surface area (Å²) in [6.45, 7) is 13.6. The molecule has 0 fully saturated rings. The summed E-state index contributed by atoms with van der Waals surface area (Å²) in [6, 6.07) is 0. The van der Waals surface area contributed by atoms with Gasteiger partial charge in [0.25, 0.3) is 0 Å². The second-order valence-corrected chi connectivity index (χ2v) is 13.4. The van der Waals surface area contributed by atoms with E-state index in [2.05, 4.69) is 34.6 Å². The number of hydrogen-bond acceptors (Lipinski definition) is 4. The molecular weight excluding hydrogens is 532 g/mol. The molecule has 0 aliphatic heterocycles. The molecule has 0 spiro atoms. The monoisotopic (exact) mass is 611 g/mol. The molecule has 0 unspecified atom stereocenters. The SMILES string of the molecule is CCCCCCCCCCCCCCCOC(=O)CCCCCCC(OCC(CCC)CCC)OCC(CCC)CCC. The van der Waals surface area contributed by atoms with Gasteiger partial charge in [0.15, 0.2) is 6.29 Å². The van der Waals surface area contributed by atoms with Gasteiger partial charge in [-0.15, -0.1) is 0 Å². The van der Waals surface area contributed by atoms with E-state index in [1.165, 1.54) is 128 Å². The average Bonchev–Trinajstić information content (AvgIpc) is 3.00. The van der Waals surface area contributed by atoms with Crippen molar-refractivity contribution in [2.24, 2.45) is 11.8 Å². The Morgan fingerprint density at radius 3 is 1.28 bits per heavy atom. The molecule has 0 atom stereocenters. The predicted octanol–water partition coefficient (Wildman–Crippen LogP) is 12.8. The molecule has 0 N–H and O–H groups in total. The van der Waals surface area contributed by atoms with E-state index in [0.29, 0.717) is 24.9 Å². The first-order chi connectivity index (χ1) is 21.1. The van der Waals surface area contributed by atoms with Gasteiger partial charge < -0.3 is 14.2 Å². The van der Waals surface area contributed by atoms with Crippen LogP contribution in [-0.2, 0) is 19.0 Å². The van der Waals surface area contributed by atoms with Crippen molar-refractivity contribution in [2.75, 3.05) is 19.8 Å². The molecule has 0 rings (SSSR count). The van der Waals surface area contributed by atoms with Gasteiger partial charge in [-0.2, -0.15) is 0 Å². The zero-order valence-corrected chi connectivity index (χ0v) is 30.1. The number of unbranched alkanes of at least 4 members (excludes halogenated alkanes) is 15. The van der Waals surface area contributed by atoms with Crippen molar-refractivity contribution >= 4 is 5.97 Å². The molecule has 0 radical (unpaired) electrons. The van der Waals surface area contributed by atoms with Crippen LogP contribution in [0.3, 0.4) is 0 Å². The highest BCUT2D eigenvalue weighted by atomic mass is 16.7. The van der Waals surface area contributed by atoms with Crippen molar-refractivity contribution in [3.8, 4) is 0 Å². The second-order valence-electron chi connectivity index (χ2n) is 13.4. The van der Waals surface area contributed by atoms with Gasteiger partial charge in [-0.05, 0) is 63.2 Å². The molecule has 0 aliphatic rings. The summed E-state index contributed by atoms with van der Waals surface area (Å²) in [5.41, 5.74) is 0. The van der Waals surface area contributed by atoms with Crippen molar-refractivity contribution in [3.63, 3.8) is 0 Å². The lowest BCUT2D eigenvalue weighted by Crippen LogP contribution is -2.24. The number of carbonyl (C=O) groups is 1. The molecule has 0 saturated heterocycles. The van der Waals surface area contributed by atoms with Crippen molar-refractivity contribution in [1.29, 1.82) is 0 Å². The predicted molar refractivity (Wildman–Crippen MR) is 187 cm³/mol. The Labute approximate surface area is 270 Å². The van der Waals surface area contributed by atoms with Gasteiger partial charge in [-0.25, -0.2) is 0 Å². The molecular formula is C39H78O4. The maximum Gasteiger partial charge on any atom is 0.305 e. The fourth-order valence-electron chi connectivity index (χ4n) is 6.27. The molecule has 4 heteroatoms. The maximum atomic E-state index is 12.2. The lowest BCUT2D eigenvalue weighted by atomic mass is 9.99. The van der Waals surface area contributed by atoms with E-state index in [9.17, 15) is 4.79 Å². The van der Waals surface area contributed by atoms with Gasteiger partial charge in [-0.3, -0.25) is 4.79 Å².